The van der Waals surface area contributed by atoms with Crippen LogP contribution >= 0.6 is 11.9 Å². The Balaban J connectivity index is 1.28. The normalized spacial score (nSPS) is 17.8. The molecule has 7 heteroatoms. The van der Waals surface area contributed by atoms with Gasteiger partial charge in [0.2, 0.25) is 5.91 Å². The number of hydrogen-bond donors (Lipinski definition) is 1. The molecule has 2 aliphatic rings. The minimum absolute atomic E-state index is 0.0750. The number of hydrogen-bond acceptors (Lipinski definition) is 4. The summed E-state index contributed by atoms with van der Waals surface area (Å²) in [4.78, 5) is 18.4. The summed E-state index contributed by atoms with van der Waals surface area (Å²) < 4.78 is 27.6. The third kappa shape index (κ3) is 3.89. The number of rotatable bonds is 4. The van der Waals surface area contributed by atoms with Gasteiger partial charge in [-0.25, -0.2) is 8.78 Å². The first-order valence-corrected chi connectivity index (χ1v) is 11.9. The van der Waals surface area contributed by atoms with Crippen molar-refractivity contribution in [1.82, 2.24) is 0 Å². The molecule has 0 saturated carbocycles. The van der Waals surface area contributed by atoms with E-state index >= 15 is 0 Å². The summed E-state index contributed by atoms with van der Waals surface area (Å²) in [7, 11) is 0. The fourth-order valence-electron chi connectivity index (χ4n) is 4.85. The fraction of sp³-hybridized carbons (Fsp3) is 0.269. The molecule has 170 valence electrons. The number of aryl methyl sites for hydroxylation is 1. The van der Waals surface area contributed by atoms with Crippen LogP contribution in [0.1, 0.15) is 18.1 Å². The molecule has 0 radical (unpaired) electrons. The van der Waals surface area contributed by atoms with Gasteiger partial charge in [-0.1, -0.05) is 18.2 Å². The summed E-state index contributed by atoms with van der Waals surface area (Å²) in [5.74, 6) is -0.850. The second kappa shape index (κ2) is 8.47. The molecule has 0 spiro atoms. The van der Waals surface area contributed by atoms with Crippen molar-refractivity contribution in [2.75, 3.05) is 22.9 Å². The Morgan fingerprint density at radius 2 is 1.79 bits per heavy atom. The van der Waals surface area contributed by atoms with Crippen LogP contribution in [0.4, 0.5) is 20.2 Å². The number of carbonyl (C=O) groups is 1. The monoisotopic (exact) mass is 465 g/mol. The topological polar surface area (TPSA) is 49.6 Å². The Morgan fingerprint density at radius 3 is 2.48 bits per heavy atom. The van der Waals surface area contributed by atoms with Gasteiger partial charge in [-0.3, -0.25) is 9.93 Å². The Kier molecular flexibility index (Phi) is 5.62. The molecule has 3 aromatic rings. The second-order valence-corrected chi connectivity index (χ2v) is 9.57. The molecule has 2 N–H and O–H groups in total. The van der Waals surface area contributed by atoms with E-state index in [-0.39, 0.29) is 23.4 Å². The lowest BCUT2D eigenvalue weighted by molar-refractivity contribution is -0.123. The van der Waals surface area contributed by atoms with E-state index in [1.54, 1.807) is 12.1 Å². The summed E-state index contributed by atoms with van der Waals surface area (Å²) in [6.07, 6.45) is 0.853. The summed E-state index contributed by atoms with van der Waals surface area (Å²) >= 11 is 1.21. The number of anilines is 2. The van der Waals surface area contributed by atoms with Crippen molar-refractivity contribution in [2.45, 2.75) is 31.2 Å². The van der Waals surface area contributed by atoms with Crippen LogP contribution in [0.15, 0.2) is 59.5 Å². The number of benzene rings is 3. The quantitative estimate of drug-likeness (QED) is 0.530. The Bertz CT molecular complexity index is 1220. The average molecular weight is 466 g/mol. The van der Waals surface area contributed by atoms with E-state index in [1.807, 2.05) is 30.0 Å². The molecule has 0 aliphatic carbocycles. The molecule has 1 atom stereocenters. The summed E-state index contributed by atoms with van der Waals surface area (Å²) in [6.45, 7) is 5.40. The van der Waals surface area contributed by atoms with Crippen LogP contribution in [0.25, 0.3) is 11.1 Å². The summed E-state index contributed by atoms with van der Waals surface area (Å²) in [5.41, 5.74) is 5.14. The maximum absolute atomic E-state index is 14.1. The zero-order valence-electron chi connectivity index (χ0n) is 18.5. The van der Waals surface area contributed by atoms with Gasteiger partial charge in [0.1, 0.15) is 11.6 Å². The van der Waals surface area contributed by atoms with Crippen LogP contribution in [0.2, 0.25) is 0 Å². The highest BCUT2D eigenvalue weighted by molar-refractivity contribution is 7.97. The fourth-order valence-corrected chi connectivity index (χ4v) is 5.27. The SMILES string of the molecule is Cc1cc2c(cc1SN)N(C(=O)C1CN(c3ccc(-c4cc(F)ccc4F)cc3)C1)C(C)C2. The number of nitrogens with two attached hydrogens (primary N) is 1. The molecule has 0 bridgehead atoms. The van der Waals surface area contributed by atoms with Gasteiger partial charge in [0.15, 0.2) is 0 Å². The van der Waals surface area contributed by atoms with E-state index < -0.39 is 11.6 Å². The van der Waals surface area contributed by atoms with Crippen LogP contribution in [-0.4, -0.2) is 25.0 Å². The number of nitrogens with zero attached hydrogens (tertiary/aromatic N) is 2. The molecule has 4 nitrogen and oxygen atoms in total. The Labute approximate surface area is 196 Å². The number of fused-ring (bicyclic) bond motifs is 1. The molecule has 1 unspecified atom stereocenters. The van der Waals surface area contributed by atoms with E-state index in [2.05, 4.69) is 17.9 Å². The van der Waals surface area contributed by atoms with E-state index in [0.717, 1.165) is 40.4 Å². The Morgan fingerprint density at radius 1 is 1.06 bits per heavy atom. The number of halogens is 2. The van der Waals surface area contributed by atoms with Crippen molar-refractivity contribution >= 4 is 29.2 Å². The molecule has 33 heavy (non-hydrogen) atoms. The van der Waals surface area contributed by atoms with E-state index in [1.165, 1.54) is 23.6 Å². The van der Waals surface area contributed by atoms with Gasteiger partial charge in [-0.2, -0.15) is 0 Å². The number of carbonyl (C=O) groups excluding carboxylic acids is 1. The molecule has 5 rings (SSSR count). The molecule has 0 aromatic heterocycles. The molecule has 2 aliphatic heterocycles. The smallest absolute Gasteiger partial charge is 0.233 e. The van der Waals surface area contributed by atoms with Gasteiger partial charge in [0.05, 0.1) is 5.92 Å². The second-order valence-electron chi connectivity index (χ2n) is 8.90. The van der Waals surface area contributed by atoms with E-state index in [0.29, 0.717) is 18.7 Å². The highest BCUT2D eigenvalue weighted by Crippen LogP contribution is 2.39. The minimum Gasteiger partial charge on any atom is -0.370 e. The van der Waals surface area contributed by atoms with Gasteiger partial charge < -0.3 is 9.80 Å². The number of amides is 1. The highest BCUT2D eigenvalue weighted by atomic mass is 32.2. The van der Waals surface area contributed by atoms with Crippen LogP contribution in [0, 0.1) is 24.5 Å². The van der Waals surface area contributed by atoms with Crippen molar-refractivity contribution < 1.29 is 13.6 Å². The first kappa shape index (κ1) is 21.9. The maximum atomic E-state index is 14.1. The molecule has 3 aromatic carbocycles. The lowest BCUT2D eigenvalue weighted by Gasteiger charge is -2.42. The van der Waals surface area contributed by atoms with Crippen molar-refractivity contribution in [3.63, 3.8) is 0 Å². The van der Waals surface area contributed by atoms with Crippen LogP contribution in [-0.2, 0) is 11.2 Å². The molecule has 1 saturated heterocycles. The maximum Gasteiger partial charge on any atom is 0.233 e. The predicted octanol–water partition coefficient (Wildman–Crippen LogP) is 5.32. The third-order valence-electron chi connectivity index (χ3n) is 6.66. The molecule has 1 amide bonds. The first-order valence-electron chi connectivity index (χ1n) is 11.0. The van der Waals surface area contributed by atoms with Gasteiger partial charge in [-0.05, 0) is 85.3 Å². The van der Waals surface area contributed by atoms with Crippen molar-refractivity contribution in [3.05, 3.63) is 77.4 Å². The average Bonchev–Trinajstić information content (AvgIpc) is 3.08. The molecular formula is C26H25F2N3OS. The zero-order valence-corrected chi connectivity index (χ0v) is 19.3. The lowest BCUT2D eigenvalue weighted by Crippen LogP contribution is -2.55. The predicted molar refractivity (Wildman–Crippen MR) is 129 cm³/mol. The minimum atomic E-state index is -0.468. The molecular weight excluding hydrogens is 440 g/mol. The lowest BCUT2D eigenvalue weighted by atomic mass is 9.96. The first-order chi connectivity index (χ1) is 15.9. The highest BCUT2D eigenvalue weighted by Gasteiger charge is 2.40. The van der Waals surface area contributed by atoms with Gasteiger partial charge in [-0.15, -0.1) is 0 Å². The van der Waals surface area contributed by atoms with Gasteiger partial charge >= 0.3 is 0 Å². The van der Waals surface area contributed by atoms with E-state index in [4.69, 9.17) is 5.14 Å². The van der Waals surface area contributed by atoms with Gasteiger partial charge in [0.25, 0.3) is 0 Å². The van der Waals surface area contributed by atoms with Crippen LogP contribution < -0.4 is 14.9 Å². The Hall–Kier alpha value is -2.90. The van der Waals surface area contributed by atoms with E-state index in [9.17, 15) is 13.6 Å². The summed E-state index contributed by atoms with van der Waals surface area (Å²) in [6, 6.07) is 15.1. The van der Waals surface area contributed by atoms with Crippen molar-refractivity contribution in [3.8, 4) is 11.1 Å². The largest absolute Gasteiger partial charge is 0.370 e. The molecule has 2 heterocycles. The third-order valence-corrected chi connectivity index (χ3v) is 7.35. The zero-order chi connectivity index (χ0) is 23.3. The van der Waals surface area contributed by atoms with Crippen LogP contribution in [0.3, 0.4) is 0 Å². The van der Waals surface area contributed by atoms with Gasteiger partial charge in [0, 0.05) is 41.0 Å². The summed E-state index contributed by atoms with van der Waals surface area (Å²) in [5, 5.41) is 5.81. The van der Waals surface area contributed by atoms with Crippen molar-refractivity contribution in [2.24, 2.45) is 11.1 Å². The molecule has 1 fully saturated rings. The van der Waals surface area contributed by atoms with Crippen molar-refractivity contribution in [1.29, 1.82) is 0 Å². The standard InChI is InChI=1S/C26H25F2N3OS/c1-15-9-18-10-16(2)31(24(18)12-25(15)33-29)26(32)19-13-30(14-19)21-6-3-17(4-7-21)22-11-20(27)5-8-23(22)28/h3-9,11-12,16,19H,10,13-14,29H2,1-2H3. The van der Waals surface area contributed by atoms with Crippen LogP contribution in [0.5, 0.6) is 0 Å².